The highest BCUT2D eigenvalue weighted by atomic mass is 16.3. The van der Waals surface area contributed by atoms with Gasteiger partial charge in [-0.1, -0.05) is 45.4 Å². The lowest BCUT2D eigenvalue weighted by Crippen LogP contribution is -2.36. The van der Waals surface area contributed by atoms with Gasteiger partial charge in [-0.25, -0.2) is 0 Å². The summed E-state index contributed by atoms with van der Waals surface area (Å²) < 4.78 is 0. The maximum atomic E-state index is 9.64. The number of aliphatic hydroxyl groups is 1. The van der Waals surface area contributed by atoms with E-state index < -0.39 is 0 Å². The summed E-state index contributed by atoms with van der Waals surface area (Å²) in [6.07, 6.45) is 11.4. The van der Waals surface area contributed by atoms with Crippen LogP contribution < -0.4 is 5.32 Å². The maximum absolute atomic E-state index is 9.64. The van der Waals surface area contributed by atoms with Crippen molar-refractivity contribution in [1.29, 1.82) is 0 Å². The molecule has 1 saturated carbocycles. The molecule has 90 valence electrons. The van der Waals surface area contributed by atoms with Gasteiger partial charge < -0.3 is 10.4 Å². The molecule has 2 heteroatoms. The molecule has 0 spiro atoms. The van der Waals surface area contributed by atoms with Crippen LogP contribution in [0.25, 0.3) is 0 Å². The Morgan fingerprint density at radius 3 is 2.33 bits per heavy atom. The van der Waals surface area contributed by atoms with Crippen molar-refractivity contribution < 1.29 is 5.11 Å². The van der Waals surface area contributed by atoms with Crippen LogP contribution in [0.2, 0.25) is 0 Å². The summed E-state index contributed by atoms with van der Waals surface area (Å²) in [7, 11) is 0. The number of rotatable bonds is 5. The molecule has 0 aromatic heterocycles. The van der Waals surface area contributed by atoms with Crippen LogP contribution in [0.3, 0.4) is 0 Å². The van der Waals surface area contributed by atoms with Crippen molar-refractivity contribution in [2.75, 3.05) is 6.54 Å². The molecule has 1 rings (SSSR count). The Balaban J connectivity index is 2.11. The first-order valence-corrected chi connectivity index (χ1v) is 6.74. The van der Waals surface area contributed by atoms with E-state index in [2.05, 4.69) is 12.2 Å². The highest BCUT2D eigenvalue weighted by molar-refractivity contribution is 4.71. The quantitative estimate of drug-likeness (QED) is 0.736. The number of hydrogen-bond acceptors (Lipinski definition) is 2. The van der Waals surface area contributed by atoms with Crippen LogP contribution in [0.4, 0.5) is 0 Å². The average Bonchev–Trinajstić information content (AvgIpc) is 2.16. The minimum absolute atomic E-state index is 0.138. The summed E-state index contributed by atoms with van der Waals surface area (Å²) in [4.78, 5) is 0. The Labute approximate surface area is 94.5 Å². The van der Waals surface area contributed by atoms with E-state index >= 15 is 0 Å². The van der Waals surface area contributed by atoms with E-state index in [4.69, 9.17) is 0 Å². The van der Waals surface area contributed by atoms with Crippen molar-refractivity contribution in [2.45, 2.75) is 76.9 Å². The van der Waals surface area contributed by atoms with E-state index in [0.717, 1.165) is 19.4 Å². The first kappa shape index (κ1) is 13.0. The van der Waals surface area contributed by atoms with Crippen molar-refractivity contribution in [1.82, 2.24) is 5.32 Å². The van der Waals surface area contributed by atoms with Crippen molar-refractivity contribution >= 4 is 0 Å². The summed E-state index contributed by atoms with van der Waals surface area (Å²) in [6.45, 7) is 2.91. The highest BCUT2D eigenvalue weighted by Gasteiger charge is 2.12. The summed E-state index contributed by atoms with van der Waals surface area (Å²) >= 11 is 0. The van der Waals surface area contributed by atoms with Crippen molar-refractivity contribution in [3.63, 3.8) is 0 Å². The van der Waals surface area contributed by atoms with Gasteiger partial charge in [0, 0.05) is 12.6 Å². The molecule has 0 saturated heterocycles. The monoisotopic (exact) mass is 213 g/mol. The molecule has 1 aliphatic rings. The van der Waals surface area contributed by atoms with Gasteiger partial charge in [-0.05, 0) is 19.3 Å². The minimum atomic E-state index is -0.138. The summed E-state index contributed by atoms with van der Waals surface area (Å²) in [5, 5.41) is 13.2. The van der Waals surface area contributed by atoms with Crippen molar-refractivity contribution in [2.24, 2.45) is 0 Å². The topological polar surface area (TPSA) is 32.3 Å². The predicted molar refractivity (Wildman–Crippen MR) is 65.0 cm³/mol. The van der Waals surface area contributed by atoms with Crippen LogP contribution >= 0.6 is 0 Å². The van der Waals surface area contributed by atoms with Crippen molar-refractivity contribution in [3.8, 4) is 0 Å². The average molecular weight is 213 g/mol. The molecular formula is C13H27NO. The molecule has 2 N–H and O–H groups in total. The molecule has 0 aromatic carbocycles. The van der Waals surface area contributed by atoms with Crippen LogP contribution in [-0.4, -0.2) is 23.8 Å². The van der Waals surface area contributed by atoms with Gasteiger partial charge in [0.25, 0.3) is 0 Å². The summed E-state index contributed by atoms with van der Waals surface area (Å²) in [6, 6.07) is 0.664. The molecule has 2 nitrogen and oxygen atoms in total. The molecule has 0 bridgehead atoms. The lowest BCUT2D eigenvalue weighted by molar-refractivity contribution is 0.154. The lowest BCUT2D eigenvalue weighted by atomic mass is 9.96. The van der Waals surface area contributed by atoms with E-state index in [1.807, 2.05) is 0 Å². The molecule has 15 heavy (non-hydrogen) atoms. The lowest BCUT2D eigenvalue weighted by Gasteiger charge is -2.22. The fraction of sp³-hybridized carbons (Fsp3) is 1.00. The second kappa shape index (κ2) is 8.12. The van der Waals surface area contributed by atoms with Gasteiger partial charge in [0.1, 0.15) is 0 Å². The fourth-order valence-electron chi connectivity index (χ4n) is 2.40. The molecule has 0 radical (unpaired) electrons. The predicted octanol–water partition coefficient (Wildman–Crippen LogP) is 2.85. The third-order valence-electron chi connectivity index (χ3n) is 3.37. The van der Waals surface area contributed by atoms with Crippen LogP contribution in [0.1, 0.15) is 64.7 Å². The Morgan fingerprint density at radius 2 is 1.73 bits per heavy atom. The SMILES string of the molecule is CCCC(O)CNC1CCCCCCC1. The van der Waals surface area contributed by atoms with Gasteiger partial charge in [0.05, 0.1) is 6.10 Å². The third-order valence-corrected chi connectivity index (χ3v) is 3.37. The molecule has 1 unspecified atom stereocenters. The molecule has 0 heterocycles. The van der Waals surface area contributed by atoms with Gasteiger partial charge in [-0.2, -0.15) is 0 Å². The van der Waals surface area contributed by atoms with Crippen molar-refractivity contribution in [3.05, 3.63) is 0 Å². The molecule has 0 amide bonds. The van der Waals surface area contributed by atoms with Gasteiger partial charge >= 0.3 is 0 Å². The standard InChI is InChI=1S/C13H27NO/c1-2-8-13(15)11-14-12-9-6-4-3-5-7-10-12/h12-15H,2-11H2,1H3. The Morgan fingerprint density at radius 1 is 1.13 bits per heavy atom. The normalized spacial score (nSPS) is 22.0. The van der Waals surface area contributed by atoms with Crippen LogP contribution in [0.5, 0.6) is 0 Å². The van der Waals surface area contributed by atoms with Crippen LogP contribution in [0.15, 0.2) is 0 Å². The largest absolute Gasteiger partial charge is 0.392 e. The Hall–Kier alpha value is -0.0800. The van der Waals surface area contributed by atoms with Crippen LogP contribution in [0, 0.1) is 0 Å². The molecule has 0 aromatic rings. The smallest absolute Gasteiger partial charge is 0.0664 e. The fourth-order valence-corrected chi connectivity index (χ4v) is 2.40. The zero-order valence-electron chi connectivity index (χ0n) is 10.2. The van der Waals surface area contributed by atoms with Gasteiger partial charge in [0.15, 0.2) is 0 Å². The Bertz CT molecular complexity index is 141. The molecule has 1 aliphatic carbocycles. The summed E-state index contributed by atoms with van der Waals surface area (Å²) in [5.41, 5.74) is 0. The third kappa shape index (κ3) is 6.16. The Kier molecular flexibility index (Phi) is 7.03. The van der Waals surface area contributed by atoms with E-state index in [1.165, 1.54) is 44.9 Å². The van der Waals surface area contributed by atoms with Gasteiger partial charge in [0.2, 0.25) is 0 Å². The van der Waals surface area contributed by atoms with E-state index in [1.54, 1.807) is 0 Å². The molecule has 0 aliphatic heterocycles. The zero-order valence-corrected chi connectivity index (χ0v) is 10.2. The van der Waals surface area contributed by atoms with E-state index in [9.17, 15) is 5.11 Å². The number of aliphatic hydroxyl groups excluding tert-OH is 1. The zero-order chi connectivity index (χ0) is 10.9. The number of nitrogens with one attached hydrogen (secondary N) is 1. The molecule has 1 fully saturated rings. The first-order valence-electron chi connectivity index (χ1n) is 6.74. The van der Waals surface area contributed by atoms with E-state index in [0.29, 0.717) is 6.04 Å². The highest BCUT2D eigenvalue weighted by Crippen LogP contribution is 2.17. The summed E-state index contributed by atoms with van der Waals surface area (Å²) in [5.74, 6) is 0. The first-order chi connectivity index (χ1) is 7.33. The molecule has 1 atom stereocenters. The maximum Gasteiger partial charge on any atom is 0.0664 e. The second-order valence-electron chi connectivity index (χ2n) is 4.89. The molecular weight excluding hydrogens is 186 g/mol. The number of hydrogen-bond donors (Lipinski definition) is 2. The van der Waals surface area contributed by atoms with Gasteiger partial charge in [-0.15, -0.1) is 0 Å². The van der Waals surface area contributed by atoms with Gasteiger partial charge in [-0.3, -0.25) is 0 Å². The van der Waals surface area contributed by atoms with Crippen LogP contribution in [-0.2, 0) is 0 Å². The van der Waals surface area contributed by atoms with E-state index in [-0.39, 0.29) is 6.10 Å². The minimum Gasteiger partial charge on any atom is -0.392 e. The second-order valence-corrected chi connectivity index (χ2v) is 4.89.